The maximum absolute atomic E-state index is 13.8. The lowest BCUT2D eigenvalue weighted by molar-refractivity contribution is -0.143. The summed E-state index contributed by atoms with van der Waals surface area (Å²) in [6.07, 6.45) is -5.29. The molecule has 0 bridgehead atoms. The summed E-state index contributed by atoms with van der Waals surface area (Å²) in [5.74, 6) is -1.73. The van der Waals surface area contributed by atoms with Gasteiger partial charge >= 0.3 is 6.18 Å². The lowest BCUT2D eigenvalue weighted by atomic mass is 10.1. The van der Waals surface area contributed by atoms with E-state index in [9.17, 15) is 22.8 Å². The van der Waals surface area contributed by atoms with Gasteiger partial charge in [-0.25, -0.2) is 4.68 Å². The molecule has 0 aliphatic rings. The molecule has 0 saturated heterocycles. The second-order valence-electron chi connectivity index (χ2n) is 7.15. The zero-order valence-corrected chi connectivity index (χ0v) is 18.6. The van der Waals surface area contributed by atoms with E-state index < -0.39 is 35.4 Å². The summed E-state index contributed by atoms with van der Waals surface area (Å²) in [5, 5.41) is 10.8. The number of benzene rings is 1. The standard InChI is InChI=1S/C21H21F3N6O4/c1-11-6-5-7-15(12(11)2)34-13(3)19(31)28-29-20(32)14-10-25-30(18(14)21(22,23)24)16-8-9-17(33-4)27-26-16/h5-10,13H,1-4H3,(H,28,31)(H,29,32). The van der Waals surface area contributed by atoms with Crippen molar-refractivity contribution in [2.75, 3.05) is 7.11 Å². The number of nitrogens with one attached hydrogen (secondary N) is 2. The molecule has 34 heavy (non-hydrogen) atoms. The van der Waals surface area contributed by atoms with Crippen LogP contribution in [0, 0.1) is 13.8 Å². The molecule has 1 atom stereocenters. The number of methoxy groups -OCH3 is 1. The van der Waals surface area contributed by atoms with Crippen LogP contribution in [0.5, 0.6) is 11.6 Å². The fourth-order valence-electron chi connectivity index (χ4n) is 2.88. The molecule has 2 heterocycles. The number of nitrogens with zero attached hydrogens (tertiary/aromatic N) is 4. The van der Waals surface area contributed by atoms with Gasteiger partial charge in [-0.05, 0) is 44.0 Å². The van der Waals surface area contributed by atoms with Gasteiger partial charge in [-0.3, -0.25) is 20.4 Å². The summed E-state index contributed by atoms with van der Waals surface area (Å²) in [5.41, 5.74) is 3.59. The first-order valence-electron chi connectivity index (χ1n) is 9.89. The largest absolute Gasteiger partial charge is 0.481 e. The Labute approximate surface area is 192 Å². The second kappa shape index (κ2) is 9.77. The van der Waals surface area contributed by atoms with Crippen molar-refractivity contribution < 1.29 is 32.2 Å². The number of hydrogen-bond acceptors (Lipinski definition) is 7. The predicted molar refractivity (Wildman–Crippen MR) is 112 cm³/mol. The van der Waals surface area contributed by atoms with E-state index in [-0.39, 0.29) is 11.7 Å². The molecule has 2 N–H and O–H groups in total. The molecule has 0 saturated carbocycles. The van der Waals surface area contributed by atoms with Crippen molar-refractivity contribution in [2.45, 2.75) is 33.1 Å². The van der Waals surface area contributed by atoms with Gasteiger partial charge in [-0.1, -0.05) is 12.1 Å². The third-order valence-corrected chi connectivity index (χ3v) is 4.86. The Morgan fingerprint density at radius 2 is 1.82 bits per heavy atom. The summed E-state index contributed by atoms with van der Waals surface area (Å²) in [6, 6.07) is 7.80. The van der Waals surface area contributed by atoms with Crippen molar-refractivity contribution in [2.24, 2.45) is 0 Å². The molecule has 1 unspecified atom stereocenters. The van der Waals surface area contributed by atoms with Gasteiger partial charge < -0.3 is 9.47 Å². The zero-order chi connectivity index (χ0) is 25.0. The van der Waals surface area contributed by atoms with Gasteiger partial charge in [0, 0.05) is 6.07 Å². The van der Waals surface area contributed by atoms with Gasteiger partial charge in [-0.2, -0.15) is 18.3 Å². The van der Waals surface area contributed by atoms with Crippen molar-refractivity contribution in [3.63, 3.8) is 0 Å². The van der Waals surface area contributed by atoms with Gasteiger partial charge in [0.05, 0.1) is 18.9 Å². The molecule has 0 radical (unpaired) electrons. The van der Waals surface area contributed by atoms with Gasteiger partial charge in [0.25, 0.3) is 11.8 Å². The average molecular weight is 478 g/mol. The molecule has 3 aromatic rings. The van der Waals surface area contributed by atoms with Crippen molar-refractivity contribution in [3.8, 4) is 17.4 Å². The summed E-state index contributed by atoms with van der Waals surface area (Å²) in [7, 11) is 1.32. The highest BCUT2D eigenvalue weighted by molar-refractivity contribution is 5.96. The van der Waals surface area contributed by atoms with Gasteiger partial charge in [0.15, 0.2) is 17.6 Å². The van der Waals surface area contributed by atoms with E-state index in [0.29, 0.717) is 16.6 Å². The van der Waals surface area contributed by atoms with Crippen molar-refractivity contribution in [1.29, 1.82) is 0 Å². The Bertz CT molecular complexity index is 1190. The maximum Gasteiger partial charge on any atom is 0.434 e. The number of aromatic nitrogens is 4. The lowest BCUT2D eigenvalue weighted by Crippen LogP contribution is -2.47. The maximum atomic E-state index is 13.8. The number of carbonyl (C=O) groups is 2. The minimum absolute atomic E-state index is 0.0855. The molecule has 13 heteroatoms. The van der Waals surface area contributed by atoms with Crippen LogP contribution in [0.4, 0.5) is 13.2 Å². The van der Waals surface area contributed by atoms with Crippen molar-refractivity contribution >= 4 is 11.8 Å². The molecule has 1 aromatic carbocycles. The quantitative estimate of drug-likeness (QED) is 0.523. The Kier molecular flexibility index (Phi) is 7.03. The van der Waals surface area contributed by atoms with Crippen LogP contribution in [0.2, 0.25) is 0 Å². The number of halogens is 3. The summed E-state index contributed by atoms with van der Waals surface area (Å²) in [4.78, 5) is 24.8. The summed E-state index contributed by atoms with van der Waals surface area (Å²) in [6.45, 7) is 5.13. The van der Waals surface area contributed by atoms with Crippen LogP contribution in [0.15, 0.2) is 36.5 Å². The molecule has 0 fully saturated rings. The Morgan fingerprint density at radius 3 is 2.44 bits per heavy atom. The molecule has 10 nitrogen and oxygen atoms in total. The number of hydrogen-bond donors (Lipinski definition) is 2. The van der Waals surface area contributed by atoms with Gasteiger partial charge in [-0.15, -0.1) is 10.2 Å². The molecule has 0 aliphatic carbocycles. The molecule has 2 aromatic heterocycles. The summed E-state index contributed by atoms with van der Waals surface area (Å²) < 4.78 is 52.1. The van der Waals surface area contributed by atoms with E-state index in [1.54, 1.807) is 12.1 Å². The lowest BCUT2D eigenvalue weighted by Gasteiger charge is -2.17. The number of rotatable bonds is 6. The third-order valence-electron chi connectivity index (χ3n) is 4.86. The Balaban J connectivity index is 1.74. The van der Waals surface area contributed by atoms with Crippen LogP contribution in [0.1, 0.15) is 34.1 Å². The van der Waals surface area contributed by atoms with Crippen LogP contribution in [-0.2, 0) is 11.0 Å². The molecule has 3 rings (SSSR count). The van der Waals surface area contributed by atoms with Gasteiger partial charge in [0.2, 0.25) is 5.88 Å². The molecular formula is C21H21F3N6O4. The van der Waals surface area contributed by atoms with Crippen LogP contribution in [0.3, 0.4) is 0 Å². The first-order chi connectivity index (χ1) is 16.0. The van der Waals surface area contributed by atoms with Crippen molar-refractivity contribution in [1.82, 2.24) is 30.8 Å². The molecular weight excluding hydrogens is 457 g/mol. The minimum atomic E-state index is -4.96. The topological polar surface area (TPSA) is 120 Å². The van der Waals surface area contributed by atoms with E-state index >= 15 is 0 Å². The molecule has 0 aliphatic heterocycles. The molecule has 2 amide bonds. The molecule has 0 spiro atoms. The highest BCUT2D eigenvalue weighted by atomic mass is 19.4. The van der Waals surface area contributed by atoms with E-state index in [2.05, 4.69) is 20.7 Å². The Morgan fingerprint density at radius 1 is 1.09 bits per heavy atom. The predicted octanol–water partition coefficient (Wildman–Crippen LogP) is 2.54. The van der Waals surface area contributed by atoms with Crippen LogP contribution in [-0.4, -0.2) is 45.0 Å². The van der Waals surface area contributed by atoms with Gasteiger partial charge in [0.1, 0.15) is 5.75 Å². The Hall–Kier alpha value is -4.16. The second-order valence-corrected chi connectivity index (χ2v) is 7.15. The van der Waals surface area contributed by atoms with E-state index in [1.807, 2.05) is 25.3 Å². The van der Waals surface area contributed by atoms with E-state index in [1.165, 1.54) is 26.2 Å². The van der Waals surface area contributed by atoms with E-state index in [4.69, 9.17) is 9.47 Å². The first kappa shape index (κ1) is 24.5. The fourth-order valence-corrected chi connectivity index (χ4v) is 2.88. The van der Waals surface area contributed by atoms with Crippen LogP contribution < -0.4 is 20.3 Å². The number of ether oxygens (including phenoxy) is 2. The minimum Gasteiger partial charge on any atom is -0.481 e. The number of hydrazine groups is 1. The highest BCUT2D eigenvalue weighted by Gasteiger charge is 2.41. The monoisotopic (exact) mass is 478 g/mol. The third kappa shape index (κ3) is 5.24. The number of carbonyl (C=O) groups excluding carboxylic acids is 2. The van der Waals surface area contributed by atoms with Crippen LogP contribution >= 0.6 is 0 Å². The number of alkyl halides is 3. The normalized spacial score (nSPS) is 12.1. The smallest absolute Gasteiger partial charge is 0.434 e. The van der Waals surface area contributed by atoms with Crippen LogP contribution in [0.25, 0.3) is 5.82 Å². The zero-order valence-electron chi connectivity index (χ0n) is 18.6. The van der Waals surface area contributed by atoms with E-state index in [0.717, 1.165) is 11.1 Å². The number of aryl methyl sites for hydroxylation is 1. The average Bonchev–Trinajstić information content (AvgIpc) is 3.26. The summed E-state index contributed by atoms with van der Waals surface area (Å²) >= 11 is 0. The fraction of sp³-hybridized carbons (Fsp3) is 0.286. The number of amides is 2. The SMILES string of the molecule is COc1ccc(-n2ncc(C(=O)NNC(=O)C(C)Oc3cccc(C)c3C)c2C(F)(F)F)nn1. The van der Waals surface area contributed by atoms with Crippen molar-refractivity contribution in [3.05, 3.63) is 58.9 Å². The highest BCUT2D eigenvalue weighted by Crippen LogP contribution is 2.33. The first-order valence-corrected chi connectivity index (χ1v) is 9.89. The molecule has 180 valence electrons.